The second-order valence-corrected chi connectivity index (χ2v) is 4.50. The first-order valence-electron chi connectivity index (χ1n) is 5.20. The fourth-order valence-electron chi connectivity index (χ4n) is 1.81. The Morgan fingerprint density at radius 3 is 2.07 bits per heavy atom. The van der Waals surface area contributed by atoms with Gasteiger partial charge < -0.3 is 0 Å². The zero-order valence-electron chi connectivity index (χ0n) is 8.39. The van der Waals surface area contributed by atoms with E-state index in [-0.39, 0.29) is 6.17 Å². The Bertz CT molecular complexity index is 313. The summed E-state index contributed by atoms with van der Waals surface area (Å²) in [4.78, 5) is 0. The van der Waals surface area contributed by atoms with E-state index >= 15 is 0 Å². The molecule has 0 radical (unpaired) electrons. The minimum atomic E-state index is 0.0775. The third-order valence-electron chi connectivity index (χ3n) is 2.59. The third kappa shape index (κ3) is 2.64. The van der Waals surface area contributed by atoms with Gasteiger partial charge in [0.05, 0.1) is 6.17 Å². The molecule has 0 bridgehead atoms. The van der Waals surface area contributed by atoms with Crippen LogP contribution in [0, 0.1) is 0 Å². The third-order valence-corrected chi connectivity index (χ3v) is 3.25. The molecule has 1 saturated heterocycles. The molecule has 1 heterocycles. The molecule has 1 aliphatic heterocycles. The van der Waals surface area contributed by atoms with E-state index in [2.05, 4.69) is 10.6 Å². The summed E-state index contributed by atoms with van der Waals surface area (Å²) in [5, 5.41) is 8.23. The summed E-state index contributed by atoms with van der Waals surface area (Å²) in [6, 6.07) is 5.61. The van der Waals surface area contributed by atoms with Crippen LogP contribution in [0.25, 0.3) is 0 Å². The molecule has 0 atom stereocenters. The zero-order chi connectivity index (χ0) is 10.7. The first-order chi connectivity index (χ1) is 7.29. The monoisotopic (exact) mass is 244 g/mol. The van der Waals surface area contributed by atoms with Gasteiger partial charge in [0.2, 0.25) is 0 Å². The van der Waals surface area contributed by atoms with Gasteiger partial charge in [-0.2, -0.15) is 0 Å². The molecule has 0 aromatic heterocycles. The molecule has 82 valence electrons. The minimum absolute atomic E-state index is 0.0775. The first-order valence-corrected chi connectivity index (χ1v) is 5.95. The van der Waals surface area contributed by atoms with Crippen molar-refractivity contribution in [3.8, 4) is 0 Å². The van der Waals surface area contributed by atoms with Crippen molar-refractivity contribution in [3.05, 3.63) is 33.8 Å². The maximum atomic E-state index is 6.15. The van der Waals surface area contributed by atoms with Gasteiger partial charge in [-0.05, 0) is 38.1 Å². The molecule has 1 aromatic rings. The van der Waals surface area contributed by atoms with Crippen LogP contribution in [0.1, 0.15) is 24.6 Å². The van der Waals surface area contributed by atoms with Crippen LogP contribution >= 0.6 is 23.2 Å². The van der Waals surface area contributed by atoms with Gasteiger partial charge in [0, 0.05) is 15.6 Å². The van der Waals surface area contributed by atoms with Gasteiger partial charge in [0.1, 0.15) is 0 Å². The molecule has 2 N–H and O–H groups in total. The lowest BCUT2D eigenvalue weighted by Gasteiger charge is -2.20. The van der Waals surface area contributed by atoms with Crippen LogP contribution in [-0.4, -0.2) is 13.1 Å². The van der Waals surface area contributed by atoms with Crippen molar-refractivity contribution >= 4 is 23.2 Å². The Morgan fingerprint density at radius 1 is 1.00 bits per heavy atom. The fraction of sp³-hybridized carbons (Fsp3) is 0.455. The van der Waals surface area contributed by atoms with E-state index in [1.165, 1.54) is 12.8 Å². The van der Waals surface area contributed by atoms with Crippen LogP contribution in [0.3, 0.4) is 0 Å². The quantitative estimate of drug-likeness (QED) is 0.794. The van der Waals surface area contributed by atoms with Crippen LogP contribution in [-0.2, 0) is 0 Å². The smallest absolute Gasteiger partial charge is 0.0864 e. The van der Waals surface area contributed by atoms with E-state index in [4.69, 9.17) is 23.2 Å². The second kappa shape index (κ2) is 5.17. The van der Waals surface area contributed by atoms with E-state index in [9.17, 15) is 0 Å². The molecule has 4 heteroatoms. The Kier molecular flexibility index (Phi) is 3.87. The summed E-state index contributed by atoms with van der Waals surface area (Å²) in [5.41, 5.74) is 0.961. The normalized spacial score (nSPS) is 18.8. The number of hydrogen-bond donors (Lipinski definition) is 2. The van der Waals surface area contributed by atoms with Gasteiger partial charge in [0.15, 0.2) is 0 Å². The van der Waals surface area contributed by atoms with Crippen molar-refractivity contribution in [2.45, 2.75) is 19.0 Å². The molecule has 0 spiro atoms. The number of nitrogens with one attached hydrogen (secondary N) is 2. The summed E-state index contributed by atoms with van der Waals surface area (Å²) in [7, 11) is 0. The van der Waals surface area contributed by atoms with Crippen LogP contribution in [0.15, 0.2) is 18.2 Å². The average molecular weight is 245 g/mol. The molecule has 2 nitrogen and oxygen atoms in total. The highest BCUT2D eigenvalue weighted by Gasteiger charge is 2.18. The molecule has 0 amide bonds. The topological polar surface area (TPSA) is 24.1 Å². The summed E-state index contributed by atoms with van der Waals surface area (Å²) < 4.78 is 0. The summed E-state index contributed by atoms with van der Waals surface area (Å²) in [6.07, 6.45) is 2.45. The van der Waals surface area contributed by atoms with Crippen LogP contribution < -0.4 is 10.6 Å². The molecule has 0 unspecified atom stereocenters. The van der Waals surface area contributed by atoms with E-state index in [1.54, 1.807) is 0 Å². The molecular formula is C11H14Cl2N2. The van der Waals surface area contributed by atoms with Gasteiger partial charge in [-0.15, -0.1) is 0 Å². The van der Waals surface area contributed by atoms with Gasteiger partial charge in [-0.3, -0.25) is 10.6 Å². The van der Waals surface area contributed by atoms with E-state index in [0.717, 1.165) is 28.7 Å². The fourth-order valence-corrected chi connectivity index (χ4v) is 2.42. The highest BCUT2D eigenvalue weighted by atomic mass is 35.5. The molecule has 0 saturated carbocycles. The molecule has 1 fully saturated rings. The van der Waals surface area contributed by atoms with Gasteiger partial charge >= 0.3 is 0 Å². The largest absolute Gasteiger partial charge is 0.298 e. The van der Waals surface area contributed by atoms with Crippen LogP contribution in [0.4, 0.5) is 0 Å². The predicted octanol–water partition coefficient (Wildman–Crippen LogP) is 2.97. The molecule has 0 aliphatic carbocycles. The maximum Gasteiger partial charge on any atom is 0.0864 e. The van der Waals surface area contributed by atoms with Gasteiger partial charge in [0.25, 0.3) is 0 Å². The van der Waals surface area contributed by atoms with Gasteiger partial charge in [-0.1, -0.05) is 29.3 Å². The number of hydrogen-bond acceptors (Lipinski definition) is 2. The number of benzene rings is 1. The Morgan fingerprint density at radius 2 is 1.53 bits per heavy atom. The minimum Gasteiger partial charge on any atom is -0.298 e. The molecule has 1 aromatic carbocycles. The van der Waals surface area contributed by atoms with Crippen LogP contribution in [0.5, 0.6) is 0 Å². The maximum absolute atomic E-state index is 6.15. The van der Waals surface area contributed by atoms with Crippen molar-refractivity contribution in [1.82, 2.24) is 10.6 Å². The number of halogens is 2. The lowest BCUT2D eigenvalue weighted by atomic mass is 10.1. The molecule has 15 heavy (non-hydrogen) atoms. The van der Waals surface area contributed by atoms with Crippen molar-refractivity contribution < 1.29 is 0 Å². The average Bonchev–Trinajstić information content (AvgIpc) is 2.46. The van der Waals surface area contributed by atoms with E-state index in [1.807, 2.05) is 18.2 Å². The van der Waals surface area contributed by atoms with Crippen molar-refractivity contribution in [3.63, 3.8) is 0 Å². The molecule has 1 aliphatic rings. The summed E-state index contributed by atoms with van der Waals surface area (Å²) in [5.74, 6) is 0. The molecule has 2 rings (SSSR count). The van der Waals surface area contributed by atoms with Crippen molar-refractivity contribution in [2.24, 2.45) is 0 Å². The van der Waals surface area contributed by atoms with Crippen molar-refractivity contribution in [1.29, 1.82) is 0 Å². The van der Waals surface area contributed by atoms with Crippen molar-refractivity contribution in [2.75, 3.05) is 13.1 Å². The lowest BCUT2D eigenvalue weighted by molar-refractivity contribution is 0.484. The highest BCUT2D eigenvalue weighted by Crippen LogP contribution is 2.29. The highest BCUT2D eigenvalue weighted by molar-refractivity contribution is 6.36. The Hall–Kier alpha value is -0.280. The standard InChI is InChI=1S/C11H14Cl2N2/c12-8-4-3-5-9(13)10(8)11-14-6-1-2-7-15-11/h3-5,11,14-15H,1-2,6-7H2. The van der Waals surface area contributed by atoms with E-state index in [0.29, 0.717) is 0 Å². The van der Waals surface area contributed by atoms with Gasteiger partial charge in [-0.25, -0.2) is 0 Å². The second-order valence-electron chi connectivity index (χ2n) is 3.68. The Balaban J connectivity index is 2.26. The first kappa shape index (κ1) is 11.2. The lowest BCUT2D eigenvalue weighted by Crippen LogP contribution is -2.32. The summed E-state index contributed by atoms with van der Waals surface area (Å²) >= 11 is 12.3. The zero-order valence-corrected chi connectivity index (χ0v) is 9.91. The number of rotatable bonds is 1. The predicted molar refractivity (Wildman–Crippen MR) is 64.4 cm³/mol. The van der Waals surface area contributed by atoms with E-state index < -0.39 is 0 Å². The SMILES string of the molecule is Clc1cccc(Cl)c1C1NCCCCN1. The Labute approximate surface area is 100.0 Å². The van der Waals surface area contributed by atoms with Crippen LogP contribution in [0.2, 0.25) is 10.0 Å². The molecular weight excluding hydrogens is 231 g/mol. The summed E-state index contributed by atoms with van der Waals surface area (Å²) in [6.45, 7) is 2.00.